The second kappa shape index (κ2) is 5.88. The quantitative estimate of drug-likeness (QED) is 0.776. The van der Waals surface area contributed by atoms with Crippen LogP contribution in [0.1, 0.15) is 37.7 Å². The molecule has 0 spiro atoms. The summed E-state index contributed by atoms with van der Waals surface area (Å²) in [6.45, 7) is 0. The first-order chi connectivity index (χ1) is 8.15. The van der Waals surface area contributed by atoms with Gasteiger partial charge in [-0.1, -0.05) is 55.0 Å². The van der Waals surface area contributed by atoms with Crippen LogP contribution in [0.3, 0.4) is 0 Å². The van der Waals surface area contributed by atoms with Gasteiger partial charge in [0.25, 0.3) is 0 Å². The fraction of sp³-hybridized carbons (Fsp3) is 0.500. The molecule has 0 atom stereocenters. The second-order valence-electron chi connectivity index (χ2n) is 4.81. The molecule has 1 saturated carbocycles. The summed E-state index contributed by atoms with van der Waals surface area (Å²) >= 11 is 11.9. The van der Waals surface area contributed by atoms with Crippen molar-refractivity contribution < 1.29 is 4.79 Å². The van der Waals surface area contributed by atoms with Crippen molar-refractivity contribution in [3.63, 3.8) is 0 Å². The van der Waals surface area contributed by atoms with E-state index in [9.17, 15) is 4.79 Å². The number of benzene rings is 1. The van der Waals surface area contributed by atoms with Crippen LogP contribution in [0.25, 0.3) is 0 Å². The van der Waals surface area contributed by atoms with Gasteiger partial charge in [-0.15, -0.1) is 0 Å². The lowest BCUT2D eigenvalue weighted by Crippen LogP contribution is -2.08. The van der Waals surface area contributed by atoms with Crippen LogP contribution < -0.4 is 0 Å². The van der Waals surface area contributed by atoms with Crippen LogP contribution in [0, 0.1) is 5.92 Å². The Morgan fingerprint density at radius 2 is 1.94 bits per heavy atom. The first-order valence-corrected chi connectivity index (χ1v) is 6.86. The molecule has 17 heavy (non-hydrogen) atoms. The predicted octanol–water partition coefficient (Wildman–Crippen LogP) is 4.69. The van der Waals surface area contributed by atoms with Gasteiger partial charge in [-0.05, 0) is 23.6 Å². The molecule has 1 aromatic carbocycles. The van der Waals surface area contributed by atoms with Crippen LogP contribution >= 0.6 is 23.2 Å². The molecule has 1 aliphatic rings. The Morgan fingerprint density at radius 3 is 2.59 bits per heavy atom. The highest BCUT2D eigenvalue weighted by atomic mass is 35.5. The Balaban J connectivity index is 1.93. The molecule has 1 aliphatic carbocycles. The van der Waals surface area contributed by atoms with Gasteiger partial charge in [-0.25, -0.2) is 0 Å². The molecule has 0 amide bonds. The minimum Gasteiger partial charge on any atom is -0.299 e. The molecule has 0 N–H and O–H groups in total. The van der Waals surface area contributed by atoms with Crippen LogP contribution in [-0.4, -0.2) is 5.78 Å². The fourth-order valence-electron chi connectivity index (χ4n) is 2.49. The van der Waals surface area contributed by atoms with Crippen LogP contribution in [0.2, 0.25) is 10.0 Å². The minimum absolute atomic E-state index is 0.293. The summed E-state index contributed by atoms with van der Waals surface area (Å²) in [5, 5.41) is 1.21. The predicted molar refractivity (Wildman–Crippen MR) is 71.7 cm³/mol. The van der Waals surface area contributed by atoms with Crippen molar-refractivity contribution >= 4 is 29.0 Å². The zero-order valence-corrected chi connectivity index (χ0v) is 11.2. The summed E-state index contributed by atoms with van der Waals surface area (Å²) in [7, 11) is 0. The molecule has 0 aromatic heterocycles. The Hall–Kier alpha value is -0.530. The molecule has 0 aliphatic heterocycles. The molecule has 1 fully saturated rings. The summed E-state index contributed by atoms with van der Waals surface area (Å²) in [6.07, 6.45) is 6.12. The summed E-state index contributed by atoms with van der Waals surface area (Å²) in [6, 6.07) is 5.32. The maximum absolute atomic E-state index is 11.9. The van der Waals surface area contributed by atoms with Gasteiger partial charge >= 0.3 is 0 Å². The normalized spacial score (nSPS) is 16.4. The van der Waals surface area contributed by atoms with E-state index in [0.29, 0.717) is 34.6 Å². The monoisotopic (exact) mass is 270 g/mol. The molecule has 92 valence electrons. The topological polar surface area (TPSA) is 17.1 Å². The summed E-state index contributed by atoms with van der Waals surface area (Å²) < 4.78 is 0. The van der Waals surface area contributed by atoms with E-state index >= 15 is 0 Å². The lowest BCUT2D eigenvalue weighted by Gasteiger charge is -2.08. The minimum atomic E-state index is 0.293. The molecule has 2 rings (SSSR count). The van der Waals surface area contributed by atoms with Crippen LogP contribution in [0.5, 0.6) is 0 Å². The van der Waals surface area contributed by atoms with E-state index in [1.165, 1.54) is 25.7 Å². The maximum atomic E-state index is 11.9. The second-order valence-corrected chi connectivity index (χ2v) is 5.65. The molecule has 0 saturated heterocycles. The molecule has 1 aromatic rings. The Labute approximate surface area is 112 Å². The van der Waals surface area contributed by atoms with Gasteiger partial charge in [0.05, 0.1) is 0 Å². The third-order valence-electron chi connectivity index (χ3n) is 3.39. The van der Waals surface area contributed by atoms with Crippen molar-refractivity contribution in [2.24, 2.45) is 5.92 Å². The number of carbonyl (C=O) groups excluding carboxylic acids is 1. The molecule has 3 heteroatoms. The number of halogens is 2. The van der Waals surface area contributed by atoms with E-state index in [1.807, 2.05) is 6.07 Å². The average Bonchev–Trinajstić information content (AvgIpc) is 2.75. The first-order valence-electron chi connectivity index (χ1n) is 6.11. The Bertz CT molecular complexity index is 409. The van der Waals surface area contributed by atoms with Crippen molar-refractivity contribution in [3.8, 4) is 0 Å². The number of hydrogen-bond donors (Lipinski definition) is 0. The molecular weight excluding hydrogens is 255 g/mol. The molecule has 0 radical (unpaired) electrons. The van der Waals surface area contributed by atoms with Crippen LogP contribution in [0.4, 0.5) is 0 Å². The van der Waals surface area contributed by atoms with E-state index in [-0.39, 0.29) is 0 Å². The molecule has 0 bridgehead atoms. The van der Waals surface area contributed by atoms with E-state index in [4.69, 9.17) is 23.2 Å². The van der Waals surface area contributed by atoms with Crippen molar-refractivity contribution in [2.45, 2.75) is 38.5 Å². The number of Topliss-reactive ketones (excluding diaryl/α,β-unsaturated/α-hetero) is 1. The zero-order valence-electron chi connectivity index (χ0n) is 9.72. The highest BCUT2D eigenvalue weighted by molar-refractivity contribution is 6.35. The summed E-state index contributed by atoms with van der Waals surface area (Å²) in [5.74, 6) is 0.898. The van der Waals surface area contributed by atoms with Crippen LogP contribution in [0.15, 0.2) is 18.2 Å². The lowest BCUT2D eigenvalue weighted by atomic mass is 9.97. The number of hydrogen-bond acceptors (Lipinski definition) is 1. The Morgan fingerprint density at radius 1 is 1.24 bits per heavy atom. The van der Waals surface area contributed by atoms with E-state index in [2.05, 4.69) is 0 Å². The highest BCUT2D eigenvalue weighted by Gasteiger charge is 2.18. The van der Waals surface area contributed by atoms with Gasteiger partial charge in [0.2, 0.25) is 0 Å². The largest absolute Gasteiger partial charge is 0.299 e. The smallest absolute Gasteiger partial charge is 0.137 e. The van der Waals surface area contributed by atoms with E-state index < -0.39 is 0 Å². The van der Waals surface area contributed by atoms with Crippen molar-refractivity contribution in [2.75, 3.05) is 0 Å². The van der Waals surface area contributed by atoms with Gasteiger partial charge in [0.1, 0.15) is 5.78 Å². The Kier molecular flexibility index (Phi) is 4.47. The number of ketones is 1. The van der Waals surface area contributed by atoms with Crippen LogP contribution in [-0.2, 0) is 11.2 Å². The zero-order chi connectivity index (χ0) is 12.3. The lowest BCUT2D eigenvalue weighted by molar-refractivity contribution is -0.119. The van der Waals surface area contributed by atoms with Gasteiger partial charge in [-0.2, -0.15) is 0 Å². The van der Waals surface area contributed by atoms with Crippen molar-refractivity contribution in [1.82, 2.24) is 0 Å². The van der Waals surface area contributed by atoms with E-state index in [1.54, 1.807) is 12.1 Å². The fourth-order valence-corrected chi connectivity index (χ4v) is 2.96. The molecule has 0 unspecified atom stereocenters. The summed E-state index contributed by atoms with van der Waals surface area (Å²) in [4.78, 5) is 11.9. The van der Waals surface area contributed by atoms with Gasteiger partial charge in [0, 0.05) is 22.9 Å². The standard InChI is InChI=1S/C14H16Cl2O/c15-12-6-5-11(14(16)9-12)8-13(17)7-10-3-1-2-4-10/h5-6,9-10H,1-4,7-8H2. The van der Waals surface area contributed by atoms with Gasteiger partial charge in [0.15, 0.2) is 0 Å². The summed E-state index contributed by atoms with van der Waals surface area (Å²) in [5.41, 5.74) is 0.888. The number of carbonyl (C=O) groups is 1. The maximum Gasteiger partial charge on any atom is 0.137 e. The SMILES string of the molecule is O=C(Cc1ccc(Cl)cc1Cl)CC1CCCC1. The van der Waals surface area contributed by atoms with E-state index in [0.717, 1.165) is 5.56 Å². The third kappa shape index (κ3) is 3.72. The first kappa shape index (κ1) is 12.9. The van der Waals surface area contributed by atoms with Crippen molar-refractivity contribution in [1.29, 1.82) is 0 Å². The van der Waals surface area contributed by atoms with Crippen molar-refractivity contribution in [3.05, 3.63) is 33.8 Å². The molecule has 0 heterocycles. The average molecular weight is 271 g/mol. The highest BCUT2D eigenvalue weighted by Crippen LogP contribution is 2.29. The molecule has 1 nitrogen and oxygen atoms in total. The van der Waals surface area contributed by atoms with Gasteiger partial charge in [-0.3, -0.25) is 4.79 Å². The third-order valence-corrected chi connectivity index (χ3v) is 3.98. The molecular formula is C14H16Cl2O. The van der Waals surface area contributed by atoms with Gasteiger partial charge < -0.3 is 0 Å². The number of rotatable bonds is 4.